The van der Waals surface area contributed by atoms with E-state index in [-0.39, 0.29) is 0 Å². The molecular weight excluding hydrogens is 214 g/mol. The van der Waals surface area contributed by atoms with Crippen molar-refractivity contribution in [2.24, 2.45) is 0 Å². The fourth-order valence-electron chi connectivity index (χ4n) is 1.01. The summed E-state index contributed by atoms with van der Waals surface area (Å²) in [5, 5.41) is 3.95. The van der Waals surface area contributed by atoms with Crippen molar-refractivity contribution in [2.75, 3.05) is 12.8 Å². The van der Waals surface area contributed by atoms with Crippen molar-refractivity contribution in [3.63, 3.8) is 0 Å². The molecule has 76 valence electrons. The number of hydrogen-bond acceptors (Lipinski definition) is 2. The van der Waals surface area contributed by atoms with Crippen LogP contribution in [0, 0.1) is 0 Å². The average molecular weight is 228 g/mol. The summed E-state index contributed by atoms with van der Waals surface area (Å²) in [5.41, 5.74) is 0. The second kappa shape index (κ2) is 6.12. The van der Waals surface area contributed by atoms with Gasteiger partial charge in [0.05, 0.1) is 0 Å². The van der Waals surface area contributed by atoms with E-state index in [4.69, 9.17) is 11.6 Å². The Morgan fingerprint density at radius 1 is 1.64 bits per heavy atom. The van der Waals surface area contributed by atoms with Gasteiger partial charge in [0.1, 0.15) is 0 Å². The molecule has 0 amide bonds. The van der Waals surface area contributed by atoms with Gasteiger partial charge < -0.3 is 5.32 Å². The first kappa shape index (κ1) is 11.6. The molecule has 3 heteroatoms. The van der Waals surface area contributed by atoms with E-state index in [0.29, 0.717) is 6.04 Å². The number of rotatable bonds is 5. The Balaban J connectivity index is 2.48. The van der Waals surface area contributed by atoms with Gasteiger partial charge in [-0.1, -0.05) is 23.7 Å². The van der Waals surface area contributed by atoms with Crippen LogP contribution in [0.25, 0.3) is 0 Å². The van der Waals surface area contributed by atoms with E-state index in [2.05, 4.69) is 18.0 Å². The molecule has 0 aliphatic rings. The highest BCUT2D eigenvalue weighted by Gasteiger charge is 2.01. The van der Waals surface area contributed by atoms with Crippen molar-refractivity contribution in [3.8, 4) is 0 Å². The Kier molecular flexibility index (Phi) is 5.09. The minimum absolute atomic E-state index is 0.346. The van der Waals surface area contributed by atoms with Gasteiger partial charge in [0.25, 0.3) is 0 Å². The molecule has 1 aromatic rings. The molecule has 0 bridgehead atoms. The third-order valence-electron chi connectivity index (χ3n) is 1.88. The predicted octanol–water partition coefficient (Wildman–Crippen LogP) is 3.21. The first-order valence-electron chi connectivity index (χ1n) is 4.44. The topological polar surface area (TPSA) is 12.0 Å². The molecule has 0 saturated carbocycles. The van der Waals surface area contributed by atoms with Gasteiger partial charge in [-0.15, -0.1) is 18.3 Å². The lowest BCUT2D eigenvalue weighted by Gasteiger charge is -2.10. The Morgan fingerprint density at radius 3 is 3.00 bits per heavy atom. The number of hydrogen-bond donors (Lipinski definition) is 1. The second-order valence-electron chi connectivity index (χ2n) is 2.90. The first-order valence-corrected chi connectivity index (χ1v) is 5.81. The van der Waals surface area contributed by atoms with Crippen LogP contribution in [0.15, 0.2) is 41.8 Å². The van der Waals surface area contributed by atoms with E-state index in [1.54, 1.807) is 11.8 Å². The minimum atomic E-state index is 0.346. The van der Waals surface area contributed by atoms with Crippen molar-refractivity contribution < 1.29 is 0 Å². The van der Waals surface area contributed by atoms with Crippen LogP contribution in [0.1, 0.15) is 0 Å². The Labute approximate surface area is 94.5 Å². The van der Waals surface area contributed by atoms with Crippen molar-refractivity contribution in [3.05, 3.63) is 41.9 Å². The predicted molar refractivity (Wildman–Crippen MR) is 65.2 cm³/mol. The second-order valence-corrected chi connectivity index (χ2v) is 4.43. The smallest absolute Gasteiger partial charge is 0.0417 e. The summed E-state index contributed by atoms with van der Waals surface area (Å²) in [6, 6.07) is 8.23. The SMILES string of the molecule is C=CC(CSc1cccc(Cl)c1)NC. The zero-order valence-corrected chi connectivity index (χ0v) is 9.74. The average Bonchev–Trinajstić information content (AvgIpc) is 2.19. The Morgan fingerprint density at radius 2 is 2.43 bits per heavy atom. The van der Waals surface area contributed by atoms with Gasteiger partial charge in [-0.2, -0.15) is 0 Å². The van der Waals surface area contributed by atoms with Crippen LogP contribution in [0.3, 0.4) is 0 Å². The van der Waals surface area contributed by atoms with Crippen LogP contribution >= 0.6 is 23.4 Å². The third-order valence-corrected chi connectivity index (χ3v) is 3.23. The molecule has 1 unspecified atom stereocenters. The molecule has 1 rings (SSSR count). The standard InChI is InChI=1S/C11H14ClNS/c1-3-10(13-2)8-14-11-6-4-5-9(12)7-11/h3-7,10,13H,1,8H2,2H3. The van der Waals surface area contributed by atoms with Gasteiger partial charge in [0.15, 0.2) is 0 Å². The van der Waals surface area contributed by atoms with Gasteiger partial charge in [-0.25, -0.2) is 0 Å². The highest BCUT2D eigenvalue weighted by molar-refractivity contribution is 7.99. The summed E-state index contributed by atoms with van der Waals surface area (Å²) in [5.74, 6) is 0.973. The number of nitrogens with one attached hydrogen (secondary N) is 1. The fourth-order valence-corrected chi connectivity index (χ4v) is 2.33. The molecule has 0 aromatic heterocycles. The van der Waals surface area contributed by atoms with E-state index in [1.807, 2.05) is 31.3 Å². The maximum absolute atomic E-state index is 5.88. The molecule has 0 spiro atoms. The van der Waals surface area contributed by atoms with E-state index >= 15 is 0 Å². The molecule has 1 aromatic carbocycles. The molecule has 0 radical (unpaired) electrons. The number of halogens is 1. The van der Waals surface area contributed by atoms with E-state index in [1.165, 1.54) is 4.90 Å². The summed E-state index contributed by atoms with van der Waals surface area (Å²) in [4.78, 5) is 1.19. The van der Waals surface area contributed by atoms with Crippen LogP contribution in [-0.2, 0) is 0 Å². The minimum Gasteiger partial charge on any atom is -0.313 e. The fraction of sp³-hybridized carbons (Fsp3) is 0.273. The molecule has 0 fully saturated rings. The van der Waals surface area contributed by atoms with Crippen molar-refractivity contribution in [1.82, 2.24) is 5.32 Å². The number of thioether (sulfide) groups is 1. The zero-order valence-electron chi connectivity index (χ0n) is 8.16. The molecule has 0 aliphatic heterocycles. The zero-order chi connectivity index (χ0) is 10.4. The lowest BCUT2D eigenvalue weighted by atomic mass is 10.3. The molecule has 1 atom stereocenters. The van der Waals surface area contributed by atoms with Crippen molar-refractivity contribution in [2.45, 2.75) is 10.9 Å². The molecular formula is C11H14ClNS. The van der Waals surface area contributed by atoms with Crippen LogP contribution < -0.4 is 5.32 Å². The maximum Gasteiger partial charge on any atom is 0.0417 e. The van der Waals surface area contributed by atoms with Crippen molar-refractivity contribution in [1.29, 1.82) is 0 Å². The van der Waals surface area contributed by atoms with Gasteiger partial charge in [-0.05, 0) is 25.2 Å². The third kappa shape index (κ3) is 3.74. The van der Waals surface area contributed by atoms with Gasteiger partial charge in [0, 0.05) is 21.7 Å². The normalized spacial score (nSPS) is 12.4. The molecule has 14 heavy (non-hydrogen) atoms. The number of likely N-dealkylation sites (N-methyl/N-ethyl adjacent to an activating group) is 1. The summed E-state index contributed by atoms with van der Waals surface area (Å²) in [7, 11) is 1.94. The van der Waals surface area contributed by atoms with Gasteiger partial charge in [-0.3, -0.25) is 0 Å². The molecule has 1 nitrogen and oxygen atoms in total. The lowest BCUT2D eigenvalue weighted by Crippen LogP contribution is -2.24. The highest BCUT2D eigenvalue weighted by Crippen LogP contribution is 2.22. The summed E-state index contributed by atoms with van der Waals surface area (Å²) < 4.78 is 0. The first-order chi connectivity index (χ1) is 6.76. The maximum atomic E-state index is 5.88. The molecule has 0 heterocycles. The molecule has 1 N–H and O–H groups in total. The van der Waals surface area contributed by atoms with Crippen LogP contribution in [0.5, 0.6) is 0 Å². The van der Waals surface area contributed by atoms with Crippen molar-refractivity contribution >= 4 is 23.4 Å². The summed E-state index contributed by atoms with van der Waals surface area (Å²) >= 11 is 7.65. The number of benzene rings is 1. The lowest BCUT2D eigenvalue weighted by molar-refractivity contribution is 0.740. The monoisotopic (exact) mass is 227 g/mol. The highest BCUT2D eigenvalue weighted by atomic mass is 35.5. The molecule has 0 saturated heterocycles. The van der Waals surface area contributed by atoms with Gasteiger partial charge >= 0.3 is 0 Å². The van der Waals surface area contributed by atoms with Crippen LogP contribution in [0.4, 0.5) is 0 Å². The quantitative estimate of drug-likeness (QED) is 0.613. The van der Waals surface area contributed by atoms with Crippen LogP contribution in [-0.4, -0.2) is 18.8 Å². The van der Waals surface area contributed by atoms with E-state index < -0.39 is 0 Å². The largest absolute Gasteiger partial charge is 0.313 e. The van der Waals surface area contributed by atoms with Crippen LogP contribution in [0.2, 0.25) is 5.02 Å². The Bertz CT molecular complexity index is 301. The van der Waals surface area contributed by atoms with E-state index in [0.717, 1.165) is 10.8 Å². The van der Waals surface area contributed by atoms with E-state index in [9.17, 15) is 0 Å². The van der Waals surface area contributed by atoms with Gasteiger partial charge in [0.2, 0.25) is 0 Å². The molecule has 0 aliphatic carbocycles. The Hall–Kier alpha value is -0.440. The summed E-state index contributed by atoms with van der Waals surface area (Å²) in [6.45, 7) is 3.76. The summed E-state index contributed by atoms with van der Waals surface area (Å²) in [6.07, 6.45) is 1.91.